The monoisotopic (exact) mass is 255 g/mol. The molecule has 0 aromatic heterocycles. The molecule has 0 aliphatic heterocycles. The molecule has 0 saturated heterocycles. The lowest BCUT2D eigenvalue weighted by molar-refractivity contribution is 0.619. The minimum atomic E-state index is -0.156. The number of halogens is 1. The Morgan fingerprint density at radius 3 is 2.74 bits per heavy atom. The van der Waals surface area contributed by atoms with Gasteiger partial charge in [0.2, 0.25) is 0 Å². The van der Waals surface area contributed by atoms with Crippen molar-refractivity contribution in [3.8, 4) is 0 Å². The van der Waals surface area contributed by atoms with E-state index in [-0.39, 0.29) is 5.82 Å². The highest BCUT2D eigenvalue weighted by molar-refractivity contribution is 5.46. The lowest BCUT2D eigenvalue weighted by Crippen LogP contribution is -2.00. The van der Waals surface area contributed by atoms with Crippen LogP contribution in [0.5, 0.6) is 0 Å². The maximum absolute atomic E-state index is 13.4. The normalized spacial score (nSPS) is 14.4. The van der Waals surface area contributed by atoms with Gasteiger partial charge in [0.1, 0.15) is 5.82 Å². The van der Waals surface area contributed by atoms with Crippen LogP contribution in [0.4, 0.5) is 10.1 Å². The van der Waals surface area contributed by atoms with Crippen molar-refractivity contribution in [2.45, 2.75) is 32.2 Å². The van der Waals surface area contributed by atoms with E-state index >= 15 is 0 Å². The Hall–Kier alpha value is -1.83. The molecule has 1 aliphatic carbocycles. The molecule has 19 heavy (non-hydrogen) atoms. The van der Waals surface area contributed by atoms with Crippen LogP contribution in [-0.2, 0) is 6.54 Å². The Balaban J connectivity index is 1.68. The molecule has 0 spiro atoms. The van der Waals surface area contributed by atoms with Crippen LogP contribution in [-0.4, -0.2) is 0 Å². The third-order valence-corrected chi connectivity index (χ3v) is 3.67. The summed E-state index contributed by atoms with van der Waals surface area (Å²) in [5.74, 6) is 0.619. The second-order valence-corrected chi connectivity index (χ2v) is 5.34. The number of nitrogens with one attached hydrogen (secondary N) is 1. The minimum Gasteiger partial charge on any atom is -0.381 e. The third kappa shape index (κ3) is 2.95. The highest BCUT2D eigenvalue weighted by Gasteiger charge is 2.23. The van der Waals surface area contributed by atoms with Crippen LogP contribution in [0.3, 0.4) is 0 Å². The fraction of sp³-hybridized carbons (Fsp3) is 0.294. The molecule has 2 aromatic carbocycles. The standard InChI is InChI=1S/C17H18FN/c1-12-5-8-16(10-17(12)18)19-11-13-3-2-4-15(9-13)14-6-7-14/h2-5,8-10,14,19H,6-7,11H2,1H3. The summed E-state index contributed by atoms with van der Waals surface area (Å²) in [4.78, 5) is 0. The molecule has 2 aromatic rings. The van der Waals surface area contributed by atoms with Crippen molar-refractivity contribution in [1.29, 1.82) is 0 Å². The van der Waals surface area contributed by atoms with Crippen LogP contribution in [0.2, 0.25) is 0 Å². The van der Waals surface area contributed by atoms with E-state index < -0.39 is 0 Å². The summed E-state index contributed by atoms with van der Waals surface area (Å²) in [6.45, 7) is 2.52. The molecule has 2 heteroatoms. The van der Waals surface area contributed by atoms with Crippen LogP contribution < -0.4 is 5.32 Å². The topological polar surface area (TPSA) is 12.0 Å². The van der Waals surface area contributed by atoms with E-state index in [4.69, 9.17) is 0 Å². The average Bonchev–Trinajstić information content (AvgIpc) is 3.25. The molecule has 0 heterocycles. The molecule has 1 saturated carbocycles. The summed E-state index contributed by atoms with van der Waals surface area (Å²) >= 11 is 0. The zero-order valence-corrected chi connectivity index (χ0v) is 11.1. The van der Waals surface area contributed by atoms with E-state index in [0.717, 1.165) is 18.2 Å². The zero-order valence-electron chi connectivity index (χ0n) is 11.1. The van der Waals surface area contributed by atoms with Crippen molar-refractivity contribution in [3.05, 3.63) is 65.0 Å². The Bertz CT molecular complexity index is 588. The van der Waals surface area contributed by atoms with Gasteiger partial charge in [0, 0.05) is 12.2 Å². The fourth-order valence-corrected chi connectivity index (χ4v) is 2.28. The van der Waals surface area contributed by atoms with E-state index in [1.165, 1.54) is 24.0 Å². The Kier molecular flexibility index (Phi) is 3.24. The molecule has 1 N–H and O–H groups in total. The van der Waals surface area contributed by atoms with Crippen molar-refractivity contribution >= 4 is 5.69 Å². The molecule has 98 valence electrons. The Labute approximate surface area is 113 Å². The first kappa shape index (κ1) is 12.2. The van der Waals surface area contributed by atoms with Gasteiger partial charge in [-0.25, -0.2) is 4.39 Å². The van der Waals surface area contributed by atoms with E-state index in [1.54, 1.807) is 19.1 Å². The largest absolute Gasteiger partial charge is 0.381 e. The van der Waals surface area contributed by atoms with Crippen LogP contribution in [0.15, 0.2) is 42.5 Å². The van der Waals surface area contributed by atoms with Gasteiger partial charge in [0.05, 0.1) is 0 Å². The smallest absolute Gasteiger partial charge is 0.128 e. The van der Waals surface area contributed by atoms with E-state index in [9.17, 15) is 4.39 Å². The highest BCUT2D eigenvalue weighted by atomic mass is 19.1. The number of hydrogen-bond donors (Lipinski definition) is 1. The van der Waals surface area contributed by atoms with Crippen LogP contribution >= 0.6 is 0 Å². The minimum absolute atomic E-state index is 0.156. The molecule has 1 aliphatic rings. The zero-order chi connectivity index (χ0) is 13.2. The SMILES string of the molecule is Cc1ccc(NCc2cccc(C3CC3)c2)cc1F. The molecule has 0 unspecified atom stereocenters. The number of aryl methyl sites for hydroxylation is 1. The van der Waals surface area contributed by atoms with Crippen molar-refractivity contribution in [2.75, 3.05) is 5.32 Å². The van der Waals surface area contributed by atoms with Gasteiger partial charge in [-0.15, -0.1) is 0 Å². The van der Waals surface area contributed by atoms with Gasteiger partial charge in [0.25, 0.3) is 0 Å². The summed E-state index contributed by atoms with van der Waals surface area (Å²) < 4.78 is 13.4. The van der Waals surface area contributed by atoms with Crippen molar-refractivity contribution in [2.24, 2.45) is 0 Å². The molecule has 0 atom stereocenters. The third-order valence-electron chi connectivity index (χ3n) is 3.67. The predicted octanol–water partition coefficient (Wildman–Crippen LogP) is 4.62. The van der Waals surface area contributed by atoms with Crippen LogP contribution in [0.1, 0.15) is 35.4 Å². The van der Waals surface area contributed by atoms with Gasteiger partial charge >= 0.3 is 0 Å². The van der Waals surface area contributed by atoms with Crippen molar-refractivity contribution < 1.29 is 4.39 Å². The Morgan fingerprint density at radius 1 is 1.16 bits per heavy atom. The van der Waals surface area contributed by atoms with Gasteiger partial charge in [-0.2, -0.15) is 0 Å². The van der Waals surface area contributed by atoms with Gasteiger partial charge in [0.15, 0.2) is 0 Å². The summed E-state index contributed by atoms with van der Waals surface area (Å²) in [6.07, 6.45) is 2.64. The van der Waals surface area contributed by atoms with Gasteiger partial charge < -0.3 is 5.32 Å². The molecular formula is C17H18FN. The molecule has 0 bridgehead atoms. The van der Waals surface area contributed by atoms with E-state index in [1.807, 2.05) is 6.07 Å². The predicted molar refractivity (Wildman–Crippen MR) is 76.9 cm³/mol. The summed E-state index contributed by atoms with van der Waals surface area (Å²) in [5, 5.41) is 3.28. The average molecular weight is 255 g/mol. The molecular weight excluding hydrogens is 237 g/mol. The molecule has 1 nitrogen and oxygen atoms in total. The lowest BCUT2D eigenvalue weighted by Gasteiger charge is -2.09. The second kappa shape index (κ2) is 5.04. The van der Waals surface area contributed by atoms with Gasteiger partial charge in [-0.05, 0) is 54.5 Å². The quantitative estimate of drug-likeness (QED) is 0.840. The summed E-state index contributed by atoms with van der Waals surface area (Å²) in [6, 6.07) is 14.0. The molecule has 1 fully saturated rings. The van der Waals surface area contributed by atoms with Crippen LogP contribution in [0, 0.1) is 12.7 Å². The number of anilines is 1. The first-order valence-corrected chi connectivity index (χ1v) is 6.81. The number of rotatable bonds is 4. The summed E-state index contributed by atoms with van der Waals surface area (Å²) in [5.41, 5.74) is 4.21. The Morgan fingerprint density at radius 2 is 2.00 bits per heavy atom. The number of hydrogen-bond acceptors (Lipinski definition) is 1. The maximum Gasteiger partial charge on any atom is 0.128 e. The number of benzene rings is 2. The molecule has 3 rings (SSSR count). The molecule has 0 amide bonds. The first-order chi connectivity index (χ1) is 9.22. The van der Waals surface area contributed by atoms with Gasteiger partial charge in [-0.3, -0.25) is 0 Å². The first-order valence-electron chi connectivity index (χ1n) is 6.81. The lowest BCUT2D eigenvalue weighted by atomic mass is 10.1. The maximum atomic E-state index is 13.4. The van der Waals surface area contributed by atoms with Gasteiger partial charge in [-0.1, -0.05) is 30.3 Å². The van der Waals surface area contributed by atoms with E-state index in [0.29, 0.717) is 5.56 Å². The fourth-order valence-electron chi connectivity index (χ4n) is 2.28. The highest BCUT2D eigenvalue weighted by Crippen LogP contribution is 2.40. The summed E-state index contributed by atoms with van der Waals surface area (Å²) in [7, 11) is 0. The second-order valence-electron chi connectivity index (χ2n) is 5.34. The molecule has 0 radical (unpaired) electrons. The van der Waals surface area contributed by atoms with Crippen LogP contribution in [0.25, 0.3) is 0 Å². The van der Waals surface area contributed by atoms with E-state index in [2.05, 4.69) is 29.6 Å². The van der Waals surface area contributed by atoms with Crippen molar-refractivity contribution in [1.82, 2.24) is 0 Å². The van der Waals surface area contributed by atoms with Crippen molar-refractivity contribution in [3.63, 3.8) is 0 Å².